The molecule has 1 aromatic heterocycles. The smallest absolute Gasteiger partial charge is 0.299 e. The fourth-order valence-electron chi connectivity index (χ4n) is 2.50. The number of carbonyl (C=O) groups excluding carboxylic acids is 1. The first-order valence-corrected chi connectivity index (χ1v) is 9.46. The monoisotopic (exact) mass is 685 g/mol. The Balaban J connectivity index is 3.79. The Morgan fingerprint density at radius 2 is 1.07 bits per heavy atom. The van der Waals surface area contributed by atoms with Crippen LogP contribution >= 0.6 is 0 Å². The summed E-state index contributed by atoms with van der Waals surface area (Å²) < 4.78 is 278. The van der Waals surface area contributed by atoms with Gasteiger partial charge in [-0.05, 0) is 0 Å². The molecule has 0 atom stereocenters. The number of carbonyl (C=O) groups is 1. The van der Waals surface area contributed by atoms with Crippen LogP contribution in [0.4, 0.5) is 104 Å². The van der Waals surface area contributed by atoms with Crippen LogP contribution in [0.3, 0.4) is 0 Å². The molecule has 1 aromatic rings. The Hall–Kier alpha value is -3.45. The number of hydrogen-bond acceptors (Lipinski definition) is 4. The van der Waals surface area contributed by atoms with Crippen molar-refractivity contribution in [1.29, 1.82) is 0 Å². The van der Waals surface area contributed by atoms with E-state index in [0.29, 0.717) is 5.32 Å². The topological polar surface area (TPSA) is 85.1 Å². The Morgan fingerprint density at radius 1 is 0.698 bits per heavy atom. The number of anilines is 1. The van der Waals surface area contributed by atoms with Crippen molar-refractivity contribution in [3.63, 3.8) is 0 Å². The van der Waals surface area contributed by atoms with Gasteiger partial charge in [0.15, 0.2) is 0 Å². The van der Waals surface area contributed by atoms with Crippen molar-refractivity contribution in [2.45, 2.75) is 60.0 Å². The average molecular weight is 685 g/mol. The molecule has 248 valence electrons. The molecule has 0 fully saturated rings. The number of nitrogens with one attached hydrogen (secondary N) is 1. The van der Waals surface area contributed by atoms with Gasteiger partial charge in [0.2, 0.25) is 5.82 Å². The molecule has 0 bridgehead atoms. The first kappa shape index (κ1) is 37.6. The molecule has 6 nitrogen and oxygen atoms in total. The largest absolute Gasteiger partial charge is 0.460 e. The zero-order valence-electron chi connectivity index (χ0n) is 18.8. The van der Waals surface area contributed by atoms with Gasteiger partial charge in [0.05, 0.1) is 10.5 Å². The highest BCUT2D eigenvalue weighted by atomic mass is 19.4. The van der Waals surface area contributed by atoms with E-state index in [9.17, 15) is 107 Å². The number of nitrogens with zero attached hydrogens (tertiary/aromatic N) is 2. The highest BCUT2D eigenvalue weighted by Crippen LogP contribution is 2.65. The van der Waals surface area contributed by atoms with Crippen molar-refractivity contribution in [1.82, 2.24) is 4.98 Å². The molecular weight excluding hydrogens is 681 g/mol. The number of halogens is 21. The van der Waals surface area contributed by atoms with E-state index in [4.69, 9.17) is 0 Å². The van der Waals surface area contributed by atoms with Gasteiger partial charge in [0, 0.05) is 12.3 Å². The molecule has 0 radical (unpaired) electrons. The standard InChI is InChI=1S/C16H4F21N3O3/c17-6(18)8(19,20)7(41)39-5-4(40(42)43)1-3(2-38-5)9(21,22)10(23,24)11(25,26)12(27,28)13(29,30)14(31,32)15(33,34)16(35,36)37/h1-2,6H,(H,38,39,41). The molecule has 0 unspecified atom stereocenters. The molecule has 43 heavy (non-hydrogen) atoms. The SMILES string of the molecule is O=C(Nc1ncc(C(F)(F)C(F)(F)C(F)(F)C(F)(F)C(F)(F)C(F)(F)C(F)(F)C(F)(F)F)cc1[N+](=O)[O-])C(F)(F)C(F)F. The fourth-order valence-corrected chi connectivity index (χ4v) is 2.50. The highest BCUT2D eigenvalue weighted by molar-refractivity contribution is 5.97. The van der Waals surface area contributed by atoms with Crippen LogP contribution < -0.4 is 5.32 Å². The summed E-state index contributed by atoms with van der Waals surface area (Å²) in [5.74, 6) is -70.6. The lowest BCUT2D eigenvalue weighted by Gasteiger charge is -2.42. The lowest BCUT2D eigenvalue weighted by molar-refractivity contribution is -0.462. The minimum Gasteiger partial charge on any atom is -0.299 e. The van der Waals surface area contributed by atoms with Gasteiger partial charge in [-0.15, -0.1) is 0 Å². The molecule has 0 saturated carbocycles. The van der Waals surface area contributed by atoms with Gasteiger partial charge in [-0.1, -0.05) is 0 Å². The molecule has 0 aliphatic carbocycles. The lowest BCUT2D eigenvalue weighted by atomic mass is 9.87. The maximum absolute atomic E-state index is 14.3. The molecule has 0 aromatic carbocycles. The van der Waals surface area contributed by atoms with Gasteiger partial charge in [0.25, 0.3) is 0 Å². The molecule has 0 aliphatic heterocycles. The van der Waals surface area contributed by atoms with Crippen molar-refractivity contribution in [3.8, 4) is 0 Å². The summed E-state index contributed by atoms with van der Waals surface area (Å²) >= 11 is 0. The Kier molecular flexibility index (Phi) is 9.02. The van der Waals surface area contributed by atoms with E-state index in [1.165, 1.54) is 0 Å². The van der Waals surface area contributed by atoms with Gasteiger partial charge < -0.3 is 0 Å². The van der Waals surface area contributed by atoms with Crippen molar-refractivity contribution < 1.29 is 102 Å². The second-order valence-electron chi connectivity index (χ2n) is 7.75. The Morgan fingerprint density at radius 3 is 1.42 bits per heavy atom. The van der Waals surface area contributed by atoms with Crippen molar-refractivity contribution >= 4 is 17.4 Å². The molecule has 1 heterocycles. The zero-order valence-corrected chi connectivity index (χ0v) is 18.8. The number of alkyl halides is 21. The fraction of sp³-hybridized carbons (Fsp3) is 0.625. The summed E-state index contributed by atoms with van der Waals surface area (Å²) in [5.41, 5.74) is -5.71. The van der Waals surface area contributed by atoms with Crippen LogP contribution in [0, 0.1) is 10.1 Å². The molecule has 1 rings (SSSR count). The van der Waals surface area contributed by atoms with Crippen LogP contribution in [0.2, 0.25) is 0 Å². The quantitative estimate of drug-likeness (QED) is 0.151. The van der Waals surface area contributed by atoms with Crippen LogP contribution in [0.5, 0.6) is 0 Å². The number of pyridine rings is 1. The minimum absolute atomic E-state index is 0.480. The maximum atomic E-state index is 14.3. The minimum atomic E-state index is -8.96. The second kappa shape index (κ2) is 10.3. The van der Waals surface area contributed by atoms with E-state index in [0.717, 1.165) is 0 Å². The number of aromatic nitrogens is 1. The predicted molar refractivity (Wildman–Crippen MR) is 90.1 cm³/mol. The number of nitro groups is 1. The molecule has 1 amide bonds. The summed E-state index contributed by atoms with van der Waals surface area (Å²) in [6.45, 7) is 0. The third-order valence-corrected chi connectivity index (χ3v) is 4.96. The lowest BCUT2D eigenvalue weighted by Crippen LogP contribution is -2.74. The van der Waals surface area contributed by atoms with Crippen LogP contribution in [0.15, 0.2) is 12.3 Å². The van der Waals surface area contributed by atoms with E-state index in [-0.39, 0.29) is 0 Å². The van der Waals surface area contributed by atoms with Crippen LogP contribution in [-0.4, -0.2) is 69.9 Å². The van der Waals surface area contributed by atoms with Gasteiger partial charge in [-0.2, -0.15) is 83.4 Å². The molecule has 27 heteroatoms. The van der Waals surface area contributed by atoms with Crippen LogP contribution in [-0.2, 0) is 10.7 Å². The molecule has 1 N–H and O–H groups in total. The Labute approximate surface area is 219 Å². The van der Waals surface area contributed by atoms with E-state index >= 15 is 0 Å². The van der Waals surface area contributed by atoms with Gasteiger partial charge in [-0.25, -0.2) is 13.8 Å². The van der Waals surface area contributed by atoms with Gasteiger partial charge in [0.1, 0.15) is 0 Å². The van der Waals surface area contributed by atoms with E-state index < -0.39 is 100 Å². The maximum Gasteiger partial charge on any atom is 0.460 e. The third-order valence-electron chi connectivity index (χ3n) is 4.96. The second-order valence-corrected chi connectivity index (χ2v) is 7.75. The first-order chi connectivity index (χ1) is 18.6. The Bertz CT molecular complexity index is 1240. The van der Waals surface area contributed by atoms with Crippen LogP contribution in [0.1, 0.15) is 5.56 Å². The number of rotatable bonds is 11. The van der Waals surface area contributed by atoms with Crippen molar-refractivity contribution in [2.24, 2.45) is 0 Å². The summed E-state index contributed by atoms with van der Waals surface area (Å²) in [5, 5.41) is 11.4. The first-order valence-electron chi connectivity index (χ1n) is 9.46. The summed E-state index contributed by atoms with van der Waals surface area (Å²) in [6, 6.07) is -1.23. The highest BCUT2D eigenvalue weighted by Gasteiger charge is 2.95. The average Bonchev–Trinajstić information content (AvgIpc) is 2.82. The number of hydrogen-bond donors (Lipinski definition) is 1. The van der Waals surface area contributed by atoms with Crippen molar-refractivity contribution in [3.05, 3.63) is 27.9 Å². The zero-order chi connectivity index (χ0) is 34.8. The summed E-state index contributed by atoms with van der Waals surface area (Å²) in [6.07, 6.45) is -14.0. The van der Waals surface area contributed by atoms with Gasteiger partial charge in [-0.3, -0.25) is 20.2 Å². The molecule has 0 aliphatic rings. The normalized spacial score (nSPS) is 15.1. The van der Waals surface area contributed by atoms with Crippen molar-refractivity contribution in [2.75, 3.05) is 5.32 Å². The molecule has 0 spiro atoms. The number of amides is 1. The van der Waals surface area contributed by atoms with Crippen LogP contribution in [0.25, 0.3) is 0 Å². The molecule has 0 saturated heterocycles. The molecular formula is C16H4F21N3O3. The van der Waals surface area contributed by atoms with E-state index in [2.05, 4.69) is 4.98 Å². The van der Waals surface area contributed by atoms with E-state index in [1.807, 2.05) is 0 Å². The summed E-state index contributed by atoms with van der Waals surface area (Å²) in [7, 11) is 0. The van der Waals surface area contributed by atoms with Gasteiger partial charge >= 0.3 is 71.6 Å². The van der Waals surface area contributed by atoms with E-state index in [1.54, 1.807) is 0 Å². The predicted octanol–water partition coefficient (Wildman–Crippen LogP) is 7.29. The summed E-state index contributed by atoms with van der Waals surface area (Å²) in [4.78, 5) is 22.1. The third kappa shape index (κ3) is 5.30.